The molecule has 102 valence electrons. The van der Waals surface area contributed by atoms with Crippen molar-refractivity contribution in [2.75, 3.05) is 26.8 Å². The van der Waals surface area contributed by atoms with Crippen molar-refractivity contribution in [2.24, 2.45) is 0 Å². The van der Waals surface area contributed by atoms with Gasteiger partial charge in [-0.05, 0) is 35.7 Å². The molecule has 1 aromatic rings. The van der Waals surface area contributed by atoms with Gasteiger partial charge in [-0.1, -0.05) is 6.08 Å². The predicted molar refractivity (Wildman–Crippen MR) is 76.9 cm³/mol. The van der Waals surface area contributed by atoms with E-state index in [0.29, 0.717) is 6.54 Å². The lowest BCUT2D eigenvalue weighted by Crippen LogP contribution is -2.39. The van der Waals surface area contributed by atoms with Crippen molar-refractivity contribution < 1.29 is 9.84 Å². The number of ether oxygens (including phenoxy) is 1. The lowest BCUT2D eigenvalue weighted by atomic mass is 10.1. The van der Waals surface area contributed by atoms with Gasteiger partial charge >= 0.3 is 0 Å². The van der Waals surface area contributed by atoms with Crippen LogP contribution in [-0.4, -0.2) is 42.4 Å². The van der Waals surface area contributed by atoms with Gasteiger partial charge in [-0.2, -0.15) is 11.3 Å². The van der Waals surface area contributed by atoms with Crippen LogP contribution in [0.3, 0.4) is 0 Å². The van der Waals surface area contributed by atoms with Crippen molar-refractivity contribution in [1.29, 1.82) is 0 Å². The zero-order chi connectivity index (χ0) is 13.4. The molecule has 4 heteroatoms. The van der Waals surface area contributed by atoms with E-state index in [9.17, 15) is 5.11 Å². The molecule has 0 bridgehead atoms. The van der Waals surface area contributed by atoms with E-state index in [0.717, 1.165) is 26.1 Å². The van der Waals surface area contributed by atoms with Crippen molar-refractivity contribution in [2.45, 2.75) is 25.5 Å². The van der Waals surface area contributed by atoms with E-state index in [1.807, 2.05) is 0 Å². The highest BCUT2D eigenvalue weighted by molar-refractivity contribution is 7.07. The molecule has 0 saturated heterocycles. The van der Waals surface area contributed by atoms with Crippen LogP contribution in [0.5, 0.6) is 0 Å². The Hall–Kier alpha value is -0.680. The number of methoxy groups -OCH3 is 1. The van der Waals surface area contributed by atoms with Crippen LogP contribution in [0.15, 0.2) is 29.5 Å². The first-order valence-corrected chi connectivity index (χ1v) is 7.10. The van der Waals surface area contributed by atoms with Gasteiger partial charge in [0.25, 0.3) is 0 Å². The summed E-state index contributed by atoms with van der Waals surface area (Å²) in [6, 6.07) is 2.12. The van der Waals surface area contributed by atoms with Gasteiger partial charge in [0.2, 0.25) is 0 Å². The van der Waals surface area contributed by atoms with E-state index in [4.69, 9.17) is 4.74 Å². The Morgan fingerprint density at radius 3 is 2.94 bits per heavy atom. The van der Waals surface area contributed by atoms with Crippen LogP contribution in [0.2, 0.25) is 0 Å². The fourth-order valence-electron chi connectivity index (χ4n) is 1.80. The molecule has 0 aliphatic heterocycles. The fourth-order valence-corrected chi connectivity index (χ4v) is 2.46. The third-order valence-electron chi connectivity index (χ3n) is 2.79. The highest BCUT2D eigenvalue weighted by Gasteiger charge is 2.20. The maximum Gasteiger partial charge on any atom is 0.0923 e. The fraction of sp³-hybridized carbons (Fsp3) is 0.571. The molecule has 1 N–H and O–H groups in total. The molecule has 0 aliphatic carbocycles. The first-order chi connectivity index (χ1) is 8.57. The van der Waals surface area contributed by atoms with Gasteiger partial charge in [-0.25, -0.2) is 0 Å². The molecule has 1 unspecified atom stereocenters. The molecule has 1 atom stereocenters. The van der Waals surface area contributed by atoms with Crippen molar-refractivity contribution in [1.82, 2.24) is 4.90 Å². The Balaban J connectivity index is 2.54. The third-order valence-corrected chi connectivity index (χ3v) is 3.52. The molecule has 0 radical (unpaired) electrons. The minimum Gasteiger partial charge on any atom is -0.385 e. The second-order valence-corrected chi connectivity index (χ2v) is 5.53. The number of hydrogen-bond acceptors (Lipinski definition) is 4. The molecule has 0 spiro atoms. The number of nitrogens with zero attached hydrogens (tertiary/aromatic N) is 1. The summed E-state index contributed by atoms with van der Waals surface area (Å²) in [7, 11) is 1.71. The minimum absolute atomic E-state index is 0.593. The second kappa shape index (κ2) is 7.69. The largest absolute Gasteiger partial charge is 0.385 e. The van der Waals surface area contributed by atoms with E-state index in [1.165, 1.54) is 5.56 Å². The Labute approximate surface area is 114 Å². The second-order valence-electron chi connectivity index (χ2n) is 4.75. The molecule has 1 rings (SSSR count). The zero-order valence-electron chi connectivity index (χ0n) is 11.3. The summed E-state index contributed by atoms with van der Waals surface area (Å²) >= 11 is 1.70. The maximum absolute atomic E-state index is 10.1. The molecule has 1 heterocycles. The first-order valence-electron chi connectivity index (χ1n) is 6.16. The molecule has 3 nitrogen and oxygen atoms in total. The number of hydrogen-bond donors (Lipinski definition) is 1. The van der Waals surface area contributed by atoms with Gasteiger partial charge < -0.3 is 9.84 Å². The van der Waals surface area contributed by atoms with Gasteiger partial charge in [0.05, 0.1) is 5.60 Å². The van der Waals surface area contributed by atoms with Crippen LogP contribution in [0.25, 0.3) is 0 Å². The molecule has 0 saturated carbocycles. The van der Waals surface area contributed by atoms with E-state index in [1.54, 1.807) is 31.4 Å². The van der Waals surface area contributed by atoms with Gasteiger partial charge in [0.15, 0.2) is 0 Å². The number of thiophene rings is 1. The van der Waals surface area contributed by atoms with E-state index >= 15 is 0 Å². The standard InChI is InChI=1S/C14H23NO2S/c1-4-14(2,16)12-15(7-5-8-17-3)10-13-6-9-18-11-13/h4,6,9,11,16H,1,5,7-8,10,12H2,2-3H3. The SMILES string of the molecule is C=CC(C)(O)CN(CCCOC)Cc1ccsc1. The summed E-state index contributed by atoms with van der Waals surface area (Å²) < 4.78 is 5.08. The average molecular weight is 269 g/mol. The normalized spacial score (nSPS) is 14.7. The minimum atomic E-state index is -0.844. The third kappa shape index (κ3) is 5.78. The Morgan fingerprint density at radius 2 is 2.39 bits per heavy atom. The molecule has 0 fully saturated rings. The molecule has 1 aromatic heterocycles. The summed E-state index contributed by atoms with van der Waals surface area (Å²) in [5.41, 5.74) is 0.445. The highest BCUT2D eigenvalue weighted by Crippen LogP contribution is 2.14. The molecule has 0 aliphatic rings. The van der Waals surface area contributed by atoms with Gasteiger partial charge in [-0.15, -0.1) is 6.58 Å². The van der Waals surface area contributed by atoms with E-state index in [-0.39, 0.29) is 0 Å². The van der Waals surface area contributed by atoms with Crippen LogP contribution in [0, 0.1) is 0 Å². The Morgan fingerprint density at radius 1 is 1.61 bits per heavy atom. The quantitative estimate of drug-likeness (QED) is 0.552. The number of aliphatic hydroxyl groups is 1. The molecular formula is C14H23NO2S. The molecule has 0 amide bonds. The first kappa shape index (κ1) is 15.4. The maximum atomic E-state index is 10.1. The van der Waals surface area contributed by atoms with E-state index in [2.05, 4.69) is 28.3 Å². The van der Waals surface area contributed by atoms with Crippen LogP contribution < -0.4 is 0 Å². The number of rotatable bonds is 9. The smallest absolute Gasteiger partial charge is 0.0923 e. The van der Waals surface area contributed by atoms with Crippen molar-refractivity contribution in [3.63, 3.8) is 0 Å². The molecular weight excluding hydrogens is 246 g/mol. The summed E-state index contributed by atoms with van der Waals surface area (Å²) in [5, 5.41) is 14.3. The lowest BCUT2D eigenvalue weighted by Gasteiger charge is -2.29. The van der Waals surface area contributed by atoms with E-state index < -0.39 is 5.60 Å². The van der Waals surface area contributed by atoms with Crippen molar-refractivity contribution in [3.05, 3.63) is 35.0 Å². The van der Waals surface area contributed by atoms with Crippen molar-refractivity contribution in [3.8, 4) is 0 Å². The van der Waals surface area contributed by atoms with Crippen LogP contribution in [0.4, 0.5) is 0 Å². The topological polar surface area (TPSA) is 32.7 Å². The summed E-state index contributed by atoms with van der Waals surface area (Å²) in [6.07, 6.45) is 2.57. The van der Waals surface area contributed by atoms with Gasteiger partial charge in [0.1, 0.15) is 0 Å². The van der Waals surface area contributed by atoms with Crippen molar-refractivity contribution >= 4 is 11.3 Å². The predicted octanol–water partition coefficient (Wildman–Crippen LogP) is 2.52. The zero-order valence-corrected chi connectivity index (χ0v) is 12.1. The lowest BCUT2D eigenvalue weighted by molar-refractivity contribution is 0.0546. The molecule has 18 heavy (non-hydrogen) atoms. The van der Waals surface area contributed by atoms with Gasteiger partial charge in [0, 0.05) is 33.4 Å². The monoisotopic (exact) mass is 269 g/mol. The Bertz CT molecular complexity index is 336. The summed E-state index contributed by atoms with van der Waals surface area (Å²) in [6.45, 7) is 8.58. The van der Waals surface area contributed by atoms with Crippen LogP contribution >= 0.6 is 11.3 Å². The summed E-state index contributed by atoms with van der Waals surface area (Å²) in [4.78, 5) is 2.24. The average Bonchev–Trinajstić information content (AvgIpc) is 2.81. The summed E-state index contributed by atoms with van der Waals surface area (Å²) in [5.74, 6) is 0. The van der Waals surface area contributed by atoms with Crippen LogP contribution in [0.1, 0.15) is 18.9 Å². The molecule has 0 aromatic carbocycles. The highest BCUT2D eigenvalue weighted by atomic mass is 32.1. The Kier molecular flexibility index (Phi) is 6.57. The van der Waals surface area contributed by atoms with Crippen LogP contribution in [-0.2, 0) is 11.3 Å². The van der Waals surface area contributed by atoms with Gasteiger partial charge in [-0.3, -0.25) is 4.90 Å².